The lowest BCUT2D eigenvalue weighted by Gasteiger charge is -2.45. The quantitative estimate of drug-likeness (QED) is 0.160. The molecule has 10 aromatic carbocycles. The van der Waals surface area contributed by atoms with Crippen LogP contribution in [0.5, 0.6) is 0 Å². The number of rotatable bonds is 5. The highest BCUT2D eigenvalue weighted by molar-refractivity contribution is 7.00. The molecule has 0 saturated heterocycles. The van der Waals surface area contributed by atoms with E-state index in [4.69, 9.17) is 0 Å². The fourth-order valence-corrected chi connectivity index (χ4v) is 12.5. The third kappa shape index (κ3) is 5.57. The van der Waals surface area contributed by atoms with Crippen LogP contribution in [-0.4, -0.2) is 6.71 Å². The van der Waals surface area contributed by atoms with Gasteiger partial charge in [-0.2, -0.15) is 0 Å². The van der Waals surface area contributed by atoms with Gasteiger partial charge in [0, 0.05) is 51.1 Å². The Balaban J connectivity index is 1.10. The average Bonchev–Trinajstić information content (AvgIpc) is 3.86. The van der Waals surface area contributed by atoms with Crippen molar-refractivity contribution in [3.63, 3.8) is 0 Å². The van der Waals surface area contributed by atoms with Crippen LogP contribution in [0.25, 0.3) is 22.3 Å². The lowest BCUT2D eigenvalue weighted by atomic mass is 9.33. The summed E-state index contributed by atoms with van der Waals surface area (Å²) in [5.74, 6) is 0. The SMILES string of the molecule is CC(C)(C)c1cc2c3c(c1)N(c1ccccc1)c1cc4c(cc1B3c1ccccc1N2c1ccccc1)-c1ccccc1C41c2ccccc2-c2c(N(c3ccccc3)c3ccccc3)cccc21. The maximum absolute atomic E-state index is 2.61. The van der Waals surface area contributed by atoms with Gasteiger partial charge >= 0.3 is 0 Å². The van der Waals surface area contributed by atoms with Crippen molar-refractivity contribution in [2.75, 3.05) is 14.7 Å². The highest BCUT2D eigenvalue weighted by Gasteiger charge is 2.54. The molecule has 4 heteroatoms. The Bertz CT molecular complexity index is 3640. The van der Waals surface area contributed by atoms with Crippen LogP contribution in [0, 0.1) is 0 Å². The Morgan fingerprint density at radius 2 is 0.899 bits per heavy atom. The predicted octanol–water partition coefficient (Wildman–Crippen LogP) is 14.9. The first-order valence-corrected chi connectivity index (χ1v) is 24.3. The first kappa shape index (κ1) is 39.8. The van der Waals surface area contributed by atoms with Crippen molar-refractivity contribution in [1.82, 2.24) is 0 Å². The topological polar surface area (TPSA) is 9.72 Å². The van der Waals surface area contributed by atoms with Crippen molar-refractivity contribution >= 4 is 74.3 Å². The summed E-state index contributed by atoms with van der Waals surface area (Å²) in [6, 6.07) is 88.6. The summed E-state index contributed by atoms with van der Waals surface area (Å²) in [6.45, 7) is 7.03. The van der Waals surface area contributed by atoms with Crippen molar-refractivity contribution < 1.29 is 0 Å². The first-order chi connectivity index (χ1) is 33.9. The number of hydrogen-bond donors (Lipinski definition) is 0. The van der Waals surface area contributed by atoms with E-state index >= 15 is 0 Å². The number of nitrogens with zero attached hydrogens (tertiary/aromatic N) is 3. The van der Waals surface area contributed by atoms with E-state index in [-0.39, 0.29) is 12.1 Å². The molecule has 2 heterocycles. The zero-order chi connectivity index (χ0) is 46.0. The molecule has 2 aliphatic heterocycles. The number of anilines is 9. The van der Waals surface area contributed by atoms with Gasteiger partial charge in [0.05, 0.1) is 11.1 Å². The fourth-order valence-electron chi connectivity index (χ4n) is 12.5. The van der Waals surface area contributed by atoms with Gasteiger partial charge in [-0.05, 0) is 145 Å². The zero-order valence-electron chi connectivity index (χ0n) is 38.9. The average molecular weight is 882 g/mol. The van der Waals surface area contributed by atoms with Crippen LogP contribution < -0.4 is 31.1 Å². The van der Waals surface area contributed by atoms with Crippen LogP contribution in [0.4, 0.5) is 51.2 Å². The monoisotopic (exact) mass is 881 g/mol. The summed E-state index contributed by atoms with van der Waals surface area (Å²) >= 11 is 0. The second-order valence-electron chi connectivity index (χ2n) is 20.0. The van der Waals surface area contributed by atoms with Gasteiger partial charge in [0.25, 0.3) is 6.71 Å². The van der Waals surface area contributed by atoms with E-state index < -0.39 is 5.41 Å². The molecule has 0 amide bonds. The van der Waals surface area contributed by atoms with Gasteiger partial charge in [-0.15, -0.1) is 0 Å². The number of hydrogen-bond acceptors (Lipinski definition) is 3. The van der Waals surface area contributed by atoms with Crippen LogP contribution >= 0.6 is 0 Å². The second kappa shape index (κ2) is 14.8. The molecule has 0 saturated carbocycles. The lowest BCUT2D eigenvalue weighted by molar-refractivity contribution is 0.590. The molecule has 2 aliphatic carbocycles. The summed E-state index contributed by atoms with van der Waals surface area (Å²) in [4.78, 5) is 7.56. The smallest absolute Gasteiger partial charge is 0.252 e. The number of benzene rings is 10. The third-order valence-corrected chi connectivity index (χ3v) is 15.4. The molecule has 0 fully saturated rings. The molecule has 0 N–H and O–H groups in total. The maximum atomic E-state index is 2.61. The minimum atomic E-state index is -0.586. The molecule has 0 radical (unpaired) electrons. The number of para-hydroxylation sites is 5. The van der Waals surface area contributed by atoms with E-state index in [1.165, 1.54) is 94.9 Å². The van der Waals surface area contributed by atoms with Crippen LogP contribution in [0.1, 0.15) is 48.6 Å². The van der Waals surface area contributed by atoms with Gasteiger partial charge < -0.3 is 14.7 Å². The fraction of sp³-hybridized carbons (Fsp3) is 0.0769. The third-order valence-electron chi connectivity index (χ3n) is 15.4. The van der Waals surface area contributed by atoms with E-state index in [2.05, 4.69) is 272 Å². The van der Waals surface area contributed by atoms with Gasteiger partial charge in [-0.1, -0.05) is 178 Å². The summed E-state index contributed by atoms with van der Waals surface area (Å²) in [6.07, 6.45) is 0. The Morgan fingerprint density at radius 1 is 0.391 bits per heavy atom. The number of fused-ring (bicyclic) bond motifs is 14. The Kier molecular flexibility index (Phi) is 8.55. The predicted molar refractivity (Wildman–Crippen MR) is 290 cm³/mol. The summed E-state index contributed by atoms with van der Waals surface area (Å²) in [5.41, 5.74) is 25.6. The first-order valence-electron chi connectivity index (χ1n) is 24.3. The molecule has 1 atom stereocenters. The Labute approximate surface area is 405 Å². The van der Waals surface area contributed by atoms with Gasteiger partial charge in [0.2, 0.25) is 0 Å². The van der Waals surface area contributed by atoms with Crippen LogP contribution in [0.3, 0.4) is 0 Å². The molecule has 3 nitrogen and oxygen atoms in total. The van der Waals surface area contributed by atoms with Crippen LogP contribution in [0.15, 0.2) is 237 Å². The summed E-state index contributed by atoms with van der Waals surface area (Å²) in [7, 11) is 0. The molecule has 0 bridgehead atoms. The highest BCUT2D eigenvalue weighted by Crippen LogP contribution is 2.65. The Morgan fingerprint density at radius 3 is 1.52 bits per heavy atom. The highest BCUT2D eigenvalue weighted by atomic mass is 15.2. The maximum Gasteiger partial charge on any atom is 0.252 e. The summed E-state index contributed by atoms with van der Waals surface area (Å²) in [5, 5.41) is 0. The van der Waals surface area contributed by atoms with E-state index in [0.717, 1.165) is 22.7 Å². The van der Waals surface area contributed by atoms with E-state index in [1.807, 2.05) is 0 Å². The van der Waals surface area contributed by atoms with E-state index in [9.17, 15) is 0 Å². The Hall–Kier alpha value is -8.34. The molecule has 10 aromatic rings. The standard InChI is InChI=1S/C65H48BN3/c1-64(2,3)43-39-60-63-61(40-43)69(47-29-14-7-15-30-47)59-42-54-50(41-56(59)66(63)55-36-20-21-37-57(55)68(60)46-27-12-6-13-28-46)48-31-16-18-33-51(48)65(54)52-34-19-17-32-49(52)62-53(65)35-22-38-58(62)67(44-23-8-4-9-24-44)45-25-10-5-11-26-45/h4-42H,1-3H3. The molecule has 1 spiro atoms. The van der Waals surface area contributed by atoms with Gasteiger partial charge in [-0.25, -0.2) is 0 Å². The van der Waals surface area contributed by atoms with Gasteiger partial charge in [0.1, 0.15) is 0 Å². The van der Waals surface area contributed by atoms with Crippen molar-refractivity contribution in [3.05, 3.63) is 264 Å². The van der Waals surface area contributed by atoms with E-state index in [0.29, 0.717) is 0 Å². The molecule has 326 valence electrons. The summed E-state index contributed by atoms with van der Waals surface area (Å²) < 4.78 is 0. The minimum Gasteiger partial charge on any atom is -0.311 e. The largest absolute Gasteiger partial charge is 0.311 e. The molecule has 0 aromatic heterocycles. The zero-order valence-corrected chi connectivity index (χ0v) is 38.9. The second-order valence-corrected chi connectivity index (χ2v) is 20.0. The normalized spacial score (nSPS) is 15.4. The van der Waals surface area contributed by atoms with Gasteiger partial charge in [-0.3, -0.25) is 0 Å². The molecule has 14 rings (SSSR count). The van der Waals surface area contributed by atoms with Crippen molar-refractivity contribution in [3.8, 4) is 22.3 Å². The molecular formula is C65H48BN3. The molecule has 1 unspecified atom stereocenters. The van der Waals surface area contributed by atoms with Crippen molar-refractivity contribution in [1.29, 1.82) is 0 Å². The van der Waals surface area contributed by atoms with Crippen molar-refractivity contribution in [2.24, 2.45) is 0 Å². The molecule has 69 heavy (non-hydrogen) atoms. The molecule has 4 aliphatic rings. The lowest BCUT2D eigenvalue weighted by Crippen LogP contribution is -2.61. The van der Waals surface area contributed by atoms with Crippen LogP contribution in [-0.2, 0) is 10.8 Å². The van der Waals surface area contributed by atoms with E-state index in [1.54, 1.807) is 0 Å². The minimum absolute atomic E-state index is 0.00999. The molecular weight excluding hydrogens is 834 g/mol. The van der Waals surface area contributed by atoms with Crippen molar-refractivity contribution in [2.45, 2.75) is 31.6 Å². The van der Waals surface area contributed by atoms with Crippen LogP contribution in [0.2, 0.25) is 0 Å². The van der Waals surface area contributed by atoms with Gasteiger partial charge in [0.15, 0.2) is 0 Å².